The maximum Gasteiger partial charge on any atom is 0.135 e. The van der Waals surface area contributed by atoms with Crippen LogP contribution >= 0.6 is 0 Å². The molecule has 0 bridgehead atoms. The third-order valence-electron chi connectivity index (χ3n) is 11.1. The minimum Gasteiger partial charge on any atom is -0.456 e. The van der Waals surface area contributed by atoms with E-state index in [1.165, 1.54) is 44.5 Å². The molecule has 1 aliphatic heterocycles. The first kappa shape index (κ1) is 30.2. The Balaban J connectivity index is 1.24. The Morgan fingerprint density at radius 2 is 0.960 bits per heavy atom. The molecule has 3 aliphatic rings. The van der Waals surface area contributed by atoms with Gasteiger partial charge in [0.15, 0.2) is 0 Å². The van der Waals surface area contributed by atoms with Crippen LogP contribution in [-0.2, 0) is 10.8 Å². The molecule has 2 aliphatic carbocycles. The average Bonchev–Trinajstić information content (AvgIpc) is 3.51. The van der Waals surface area contributed by atoms with Crippen molar-refractivity contribution in [2.75, 3.05) is 4.90 Å². The van der Waals surface area contributed by atoms with E-state index in [2.05, 4.69) is 167 Å². The van der Waals surface area contributed by atoms with Crippen molar-refractivity contribution >= 4 is 22.8 Å². The second-order valence-corrected chi connectivity index (χ2v) is 14.6. The summed E-state index contributed by atoms with van der Waals surface area (Å²) in [5.41, 5.74) is 17.2. The molecule has 0 radical (unpaired) electrons. The van der Waals surface area contributed by atoms with Crippen LogP contribution < -0.4 is 9.64 Å². The van der Waals surface area contributed by atoms with Crippen molar-refractivity contribution < 1.29 is 4.74 Å². The molecule has 6 aromatic rings. The van der Waals surface area contributed by atoms with Crippen LogP contribution in [0.1, 0.15) is 55.5 Å². The summed E-state index contributed by atoms with van der Waals surface area (Å²) in [5.74, 6) is 1.68. The van der Waals surface area contributed by atoms with Crippen molar-refractivity contribution in [1.82, 2.24) is 0 Å². The molecule has 0 saturated heterocycles. The van der Waals surface area contributed by atoms with Gasteiger partial charge in [-0.3, -0.25) is 0 Å². The molecule has 0 saturated carbocycles. The van der Waals surface area contributed by atoms with Crippen LogP contribution in [0.4, 0.5) is 17.1 Å². The standard InChI is InChI=1S/C48H39NO/c1-6-7-8-21-45-39-18-10-9-15-34(39)40-28-31(24-27-46(40)50-45)49(32-22-25-37-35-16-11-13-19-41(35)47(2,3)43(37)29-32)33-23-26-38-36-17-12-14-20-42(36)48(4,5)44(38)30-33/h6-30H,1H2,2-5H3/b8-7-,45-21-. The number of ether oxygens (including phenoxy) is 1. The van der Waals surface area contributed by atoms with Gasteiger partial charge >= 0.3 is 0 Å². The lowest BCUT2D eigenvalue weighted by molar-refractivity contribution is 0.512. The van der Waals surface area contributed by atoms with Gasteiger partial charge in [0, 0.05) is 39.0 Å². The monoisotopic (exact) mass is 645 g/mol. The fourth-order valence-corrected chi connectivity index (χ4v) is 8.52. The van der Waals surface area contributed by atoms with Crippen molar-refractivity contribution in [1.29, 1.82) is 0 Å². The smallest absolute Gasteiger partial charge is 0.135 e. The molecule has 0 unspecified atom stereocenters. The summed E-state index contributed by atoms with van der Waals surface area (Å²) < 4.78 is 6.56. The fraction of sp³-hybridized carbons (Fsp3) is 0.125. The minimum atomic E-state index is -0.111. The van der Waals surface area contributed by atoms with Gasteiger partial charge in [-0.25, -0.2) is 0 Å². The van der Waals surface area contributed by atoms with Gasteiger partial charge in [0.25, 0.3) is 0 Å². The molecule has 0 fully saturated rings. The van der Waals surface area contributed by atoms with Gasteiger partial charge in [-0.05, 0) is 98.6 Å². The summed E-state index contributed by atoms with van der Waals surface area (Å²) in [4.78, 5) is 2.43. The van der Waals surface area contributed by atoms with Crippen LogP contribution in [0.25, 0.3) is 39.1 Å². The topological polar surface area (TPSA) is 12.5 Å². The number of benzene rings is 6. The zero-order valence-corrected chi connectivity index (χ0v) is 29.0. The van der Waals surface area contributed by atoms with Crippen LogP contribution in [0.5, 0.6) is 5.75 Å². The molecule has 50 heavy (non-hydrogen) atoms. The maximum absolute atomic E-state index is 6.56. The van der Waals surface area contributed by atoms with E-state index in [-0.39, 0.29) is 10.8 Å². The van der Waals surface area contributed by atoms with Crippen LogP contribution in [0.3, 0.4) is 0 Å². The summed E-state index contributed by atoms with van der Waals surface area (Å²) in [5, 5.41) is 0. The molecule has 1 heterocycles. The van der Waals surface area contributed by atoms with E-state index >= 15 is 0 Å². The van der Waals surface area contributed by atoms with Crippen molar-refractivity contribution in [2.45, 2.75) is 38.5 Å². The van der Waals surface area contributed by atoms with E-state index in [4.69, 9.17) is 4.74 Å². The molecule has 0 atom stereocenters. The van der Waals surface area contributed by atoms with Gasteiger partial charge in [-0.15, -0.1) is 0 Å². The van der Waals surface area contributed by atoms with E-state index in [0.717, 1.165) is 45.3 Å². The normalized spacial score (nSPS) is 16.1. The highest BCUT2D eigenvalue weighted by atomic mass is 16.5. The number of fused-ring (bicyclic) bond motifs is 9. The Bertz CT molecular complexity index is 2330. The predicted octanol–water partition coefficient (Wildman–Crippen LogP) is 12.9. The van der Waals surface area contributed by atoms with Crippen molar-refractivity contribution in [3.05, 3.63) is 186 Å². The number of hydrogen-bond donors (Lipinski definition) is 0. The van der Waals surface area contributed by atoms with Crippen molar-refractivity contribution in [2.24, 2.45) is 0 Å². The first-order chi connectivity index (χ1) is 24.3. The van der Waals surface area contributed by atoms with Crippen molar-refractivity contribution in [3.63, 3.8) is 0 Å². The largest absolute Gasteiger partial charge is 0.456 e. The summed E-state index contributed by atoms with van der Waals surface area (Å²) in [6.07, 6.45) is 7.68. The third-order valence-corrected chi connectivity index (χ3v) is 11.1. The number of rotatable bonds is 5. The highest BCUT2D eigenvalue weighted by Crippen LogP contribution is 2.54. The molecule has 0 aromatic heterocycles. The second kappa shape index (κ2) is 11.1. The molecular formula is C48H39NO. The quantitative estimate of drug-likeness (QED) is 0.173. The van der Waals surface area contributed by atoms with Crippen LogP contribution in [0.2, 0.25) is 0 Å². The summed E-state index contributed by atoms with van der Waals surface area (Å²) >= 11 is 0. The number of hydrogen-bond acceptors (Lipinski definition) is 2. The molecule has 0 N–H and O–H groups in total. The van der Waals surface area contributed by atoms with Crippen LogP contribution in [-0.4, -0.2) is 0 Å². The Morgan fingerprint density at radius 3 is 1.54 bits per heavy atom. The zero-order chi connectivity index (χ0) is 34.2. The highest BCUT2D eigenvalue weighted by molar-refractivity contribution is 5.92. The zero-order valence-electron chi connectivity index (χ0n) is 29.0. The second-order valence-electron chi connectivity index (χ2n) is 14.6. The maximum atomic E-state index is 6.56. The Labute approximate surface area is 295 Å². The lowest BCUT2D eigenvalue weighted by Crippen LogP contribution is -2.18. The van der Waals surface area contributed by atoms with Gasteiger partial charge in [0.1, 0.15) is 11.5 Å². The fourth-order valence-electron chi connectivity index (χ4n) is 8.52. The average molecular weight is 646 g/mol. The Morgan fingerprint density at radius 1 is 0.480 bits per heavy atom. The highest BCUT2D eigenvalue weighted by Gasteiger charge is 2.38. The SMILES string of the molecule is C=C/C=C\C=C1/Oc2ccc(N(c3ccc4c(c3)C(C)(C)c3ccccc3-4)c3ccc4c(c3)C(C)(C)c3ccccc3-4)cc2-c2ccccc21. The van der Waals surface area contributed by atoms with E-state index < -0.39 is 0 Å². The Hall–Kier alpha value is -5.86. The van der Waals surface area contributed by atoms with Crippen LogP contribution in [0, 0.1) is 0 Å². The number of allylic oxidation sites excluding steroid dienone is 4. The third kappa shape index (κ3) is 4.41. The summed E-state index contributed by atoms with van der Waals surface area (Å²) in [6, 6.07) is 46.9. The molecule has 2 heteroatoms. The van der Waals surface area contributed by atoms with E-state index in [9.17, 15) is 0 Å². The van der Waals surface area contributed by atoms with Gasteiger partial charge in [-0.2, -0.15) is 0 Å². The molecule has 242 valence electrons. The molecule has 0 amide bonds. The minimum absolute atomic E-state index is 0.111. The Kier molecular flexibility index (Phi) is 6.70. The molecular weight excluding hydrogens is 607 g/mol. The summed E-state index contributed by atoms with van der Waals surface area (Å²) in [7, 11) is 0. The van der Waals surface area contributed by atoms with Gasteiger partial charge < -0.3 is 9.64 Å². The lowest BCUT2D eigenvalue weighted by Gasteiger charge is -2.31. The predicted molar refractivity (Wildman–Crippen MR) is 210 cm³/mol. The molecule has 6 aromatic carbocycles. The van der Waals surface area contributed by atoms with Crippen LogP contribution in [0.15, 0.2) is 158 Å². The van der Waals surface area contributed by atoms with E-state index in [0.29, 0.717) is 0 Å². The first-order valence-corrected chi connectivity index (χ1v) is 17.5. The number of nitrogens with zero attached hydrogens (tertiary/aromatic N) is 1. The van der Waals surface area contributed by atoms with Gasteiger partial charge in [0.2, 0.25) is 0 Å². The van der Waals surface area contributed by atoms with Crippen molar-refractivity contribution in [3.8, 4) is 39.1 Å². The van der Waals surface area contributed by atoms with E-state index in [1.807, 2.05) is 18.2 Å². The van der Waals surface area contributed by atoms with E-state index in [1.54, 1.807) is 6.08 Å². The number of anilines is 3. The summed E-state index contributed by atoms with van der Waals surface area (Å²) in [6.45, 7) is 13.2. The first-order valence-electron chi connectivity index (χ1n) is 17.5. The molecule has 0 spiro atoms. The lowest BCUT2D eigenvalue weighted by atomic mass is 9.82. The van der Waals surface area contributed by atoms with Gasteiger partial charge in [-0.1, -0.05) is 137 Å². The van der Waals surface area contributed by atoms with Gasteiger partial charge in [0.05, 0.1) is 0 Å². The molecule has 9 rings (SSSR count). The molecule has 2 nitrogen and oxygen atoms in total.